The molecule has 5 nitrogen and oxygen atoms in total. The topological polar surface area (TPSA) is 56.0 Å². The summed E-state index contributed by atoms with van der Waals surface area (Å²) >= 11 is 0. The number of benzene rings is 2. The summed E-state index contributed by atoms with van der Waals surface area (Å²) in [6, 6.07) is 17.6. The molecule has 0 fully saturated rings. The fourth-order valence-electron chi connectivity index (χ4n) is 3.54. The molecule has 0 saturated heterocycles. The van der Waals surface area contributed by atoms with Crippen molar-refractivity contribution in [2.75, 3.05) is 5.32 Å². The van der Waals surface area contributed by atoms with Crippen LogP contribution in [0.1, 0.15) is 12.5 Å². The summed E-state index contributed by atoms with van der Waals surface area (Å²) in [5.74, 6) is -0.241. The number of nitrogens with one attached hydrogen (secondary N) is 1. The monoisotopic (exact) mass is 371 g/mol. The fourth-order valence-corrected chi connectivity index (χ4v) is 3.54. The van der Waals surface area contributed by atoms with Gasteiger partial charge in [0.2, 0.25) is 11.5 Å². The molecule has 28 heavy (non-hydrogen) atoms. The van der Waals surface area contributed by atoms with Crippen LogP contribution >= 0.6 is 0 Å². The van der Waals surface area contributed by atoms with Crippen molar-refractivity contribution < 1.29 is 4.79 Å². The maximum atomic E-state index is 12.2. The van der Waals surface area contributed by atoms with Crippen LogP contribution in [-0.2, 0) is 18.4 Å². The van der Waals surface area contributed by atoms with Gasteiger partial charge in [-0.05, 0) is 42.8 Å². The molecule has 0 unspecified atom stereocenters. The molecule has 2 heterocycles. The number of carbonyl (C=O) groups is 1. The van der Waals surface area contributed by atoms with E-state index >= 15 is 0 Å². The van der Waals surface area contributed by atoms with Crippen LogP contribution in [0.3, 0.4) is 0 Å². The molecule has 0 aliphatic carbocycles. The fraction of sp³-hybridized carbons (Fsp3) is 0.130. The Balaban J connectivity index is 1.62. The van der Waals surface area contributed by atoms with E-state index in [0.29, 0.717) is 5.69 Å². The number of anilines is 1. The zero-order valence-corrected chi connectivity index (χ0v) is 15.8. The summed E-state index contributed by atoms with van der Waals surface area (Å²) in [5, 5.41) is 5.16. The number of fused-ring (bicyclic) bond motifs is 3. The van der Waals surface area contributed by atoms with Crippen LogP contribution in [0.5, 0.6) is 0 Å². The number of para-hydroxylation sites is 1. The van der Waals surface area contributed by atoms with Crippen molar-refractivity contribution >= 4 is 39.5 Å². The predicted molar refractivity (Wildman–Crippen MR) is 114 cm³/mol. The third-order valence-electron chi connectivity index (χ3n) is 4.89. The largest absolute Gasteiger partial charge is 0.341 e. The van der Waals surface area contributed by atoms with Gasteiger partial charge in [0.15, 0.2) is 0 Å². The van der Waals surface area contributed by atoms with Crippen molar-refractivity contribution in [3.05, 3.63) is 82.8 Å². The quantitative estimate of drug-likeness (QED) is 0.548. The number of aromatic nitrogens is 2. The van der Waals surface area contributed by atoms with Crippen molar-refractivity contribution in [2.45, 2.75) is 13.5 Å². The predicted octanol–water partition coefficient (Wildman–Crippen LogP) is 4.17. The van der Waals surface area contributed by atoms with Crippen LogP contribution in [0.15, 0.2) is 71.7 Å². The minimum absolute atomic E-state index is 0.118. The second-order valence-corrected chi connectivity index (χ2v) is 6.73. The molecule has 2 aromatic heterocycles. The first kappa shape index (κ1) is 17.8. The Morgan fingerprint density at radius 2 is 1.82 bits per heavy atom. The zero-order valence-electron chi connectivity index (χ0n) is 15.8. The summed E-state index contributed by atoms with van der Waals surface area (Å²) in [7, 11) is 1.65. The van der Waals surface area contributed by atoms with E-state index in [1.54, 1.807) is 25.4 Å². The van der Waals surface area contributed by atoms with Gasteiger partial charge in [0.05, 0.1) is 5.69 Å². The number of aryl methyl sites for hydroxylation is 2. The highest BCUT2D eigenvalue weighted by Gasteiger charge is 2.09. The van der Waals surface area contributed by atoms with Gasteiger partial charge in [-0.1, -0.05) is 24.3 Å². The van der Waals surface area contributed by atoms with Gasteiger partial charge < -0.3 is 14.5 Å². The molecule has 0 bridgehead atoms. The molecule has 5 heteroatoms. The van der Waals surface area contributed by atoms with Crippen molar-refractivity contribution in [1.29, 1.82) is 0 Å². The van der Waals surface area contributed by atoms with E-state index in [1.165, 1.54) is 38.5 Å². The minimum Gasteiger partial charge on any atom is -0.341 e. The molecule has 2 aromatic carbocycles. The Labute approximate surface area is 162 Å². The molecule has 0 saturated carbocycles. The Bertz CT molecular complexity index is 1280. The maximum absolute atomic E-state index is 12.2. The van der Waals surface area contributed by atoms with Gasteiger partial charge in [-0.15, -0.1) is 0 Å². The summed E-state index contributed by atoms with van der Waals surface area (Å²) in [5.41, 5.74) is 3.83. The van der Waals surface area contributed by atoms with E-state index in [0.717, 1.165) is 12.1 Å². The number of rotatable bonds is 4. The lowest BCUT2D eigenvalue weighted by atomic mass is 10.1. The maximum Gasteiger partial charge on any atom is 0.250 e. The molecule has 1 amide bonds. The van der Waals surface area contributed by atoms with Gasteiger partial charge in [0.1, 0.15) is 0 Å². The van der Waals surface area contributed by atoms with Crippen molar-refractivity contribution in [2.24, 2.45) is 7.05 Å². The van der Waals surface area contributed by atoms with Crippen molar-refractivity contribution in [3.63, 3.8) is 0 Å². The van der Waals surface area contributed by atoms with Gasteiger partial charge in [-0.2, -0.15) is 0 Å². The number of hydrogen-bond donors (Lipinski definition) is 1. The van der Waals surface area contributed by atoms with Gasteiger partial charge in [-0.25, -0.2) is 0 Å². The third kappa shape index (κ3) is 3.22. The normalized spacial score (nSPS) is 11.5. The first-order chi connectivity index (χ1) is 13.6. The average Bonchev–Trinajstić information content (AvgIpc) is 3.02. The summed E-state index contributed by atoms with van der Waals surface area (Å²) in [6.07, 6.45) is 4.90. The molecule has 4 rings (SSSR count). The second kappa shape index (κ2) is 7.19. The zero-order chi connectivity index (χ0) is 19.7. The number of nitrogens with zero attached hydrogens (tertiary/aromatic N) is 2. The van der Waals surface area contributed by atoms with Gasteiger partial charge in [0.25, 0.3) is 0 Å². The summed E-state index contributed by atoms with van der Waals surface area (Å²) in [6.45, 7) is 3.05. The number of carbonyl (C=O) groups excluding carboxylic acids is 1. The van der Waals surface area contributed by atoms with Crippen molar-refractivity contribution in [1.82, 2.24) is 9.13 Å². The Morgan fingerprint density at radius 3 is 2.61 bits per heavy atom. The Hall–Kier alpha value is -3.60. The average molecular weight is 371 g/mol. The molecule has 0 spiro atoms. The molecule has 0 aliphatic heterocycles. The van der Waals surface area contributed by atoms with Crippen molar-refractivity contribution in [3.8, 4) is 0 Å². The van der Waals surface area contributed by atoms with Crippen LogP contribution in [0.2, 0.25) is 0 Å². The van der Waals surface area contributed by atoms with Crippen LogP contribution in [0, 0.1) is 0 Å². The number of amides is 1. The van der Waals surface area contributed by atoms with Crippen LogP contribution in [0.25, 0.3) is 27.9 Å². The first-order valence-corrected chi connectivity index (χ1v) is 9.23. The van der Waals surface area contributed by atoms with Gasteiger partial charge in [0, 0.05) is 53.7 Å². The highest BCUT2D eigenvalue weighted by molar-refractivity contribution is 6.09. The van der Waals surface area contributed by atoms with Gasteiger partial charge >= 0.3 is 0 Å². The van der Waals surface area contributed by atoms with E-state index < -0.39 is 0 Å². The molecule has 4 aromatic rings. The van der Waals surface area contributed by atoms with Crippen LogP contribution in [0.4, 0.5) is 5.69 Å². The molecule has 140 valence electrons. The molecular weight excluding hydrogens is 350 g/mol. The van der Waals surface area contributed by atoms with E-state index in [4.69, 9.17) is 0 Å². The molecular formula is C23H21N3O2. The van der Waals surface area contributed by atoms with Gasteiger partial charge in [-0.3, -0.25) is 9.59 Å². The third-order valence-corrected chi connectivity index (χ3v) is 4.89. The number of hydrogen-bond acceptors (Lipinski definition) is 2. The van der Waals surface area contributed by atoms with Crippen LogP contribution in [-0.4, -0.2) is 15.0 Å². The first-order valence-electron chi connectivity index (χ1n) is 9.23. The smallest absolute Gasteiger partial charge is 0.250 e. The van der Waals surface area contributed by atoms with E-state index in [2.05, 4.69) is 47.1 Å². The summed E-state index contributed by atoms with van der Waals surface area (Å²) < 4.78 is 3.72. The Kier molecular flexibility index (Phi) is 4.57. The molecule has 0 atom stereocenters. The SMILES string of the molecule is CCn1c2ccccc2c2cc(/C=C/C(=O)Nc3ccc(=O)n(C)c3)ccc21. The molecule has 0 radical (unpaired) electrons. The lowest BCUT2D eigenvalue weighted by Gasteiger charge is -2.04. The van der Waals surface area contributed by atoms with Crippen LogP contribution < -0.4 is 10.9 Å². The highest BCUT2D eigenvalue weighted by atomic mass is 16.1. The molecule has 0 aliphatic rings. The Morgan fingerprint density at radius 1 is 1.04 bits per heavy atom. The van der Waals surface area contributed by atoms with E-state index in [1.807, 2.05) is 12.1 Å². The standard InChI is InChI=1S/C23H21N3O2/c1-3-26-20-7-5-4-6-18(20)19-14-16(8-11-21(19)26)9-12-22(27)24-17-10-13-23(28)25(2)15-17/h4-15H,3H2,1-2H3,(H,24,27)/b12-9+. The lowest BCUT2D eigenvalue weighted by Crippen LogP contribution is -2.16. The number of pyridine rings is 1. The minimum atomic E-state index is -0.241. The molecule has 1 N–H and O–H groups in total. The van der Waals surface area contributed by atoms with E-state index in [9.17, 15) is 9.59 Å². The second-order valence-electron chi connectivity index (χ2n) is 6.73. The lowest BCUT2D eigenvalue weighted by molar-refractivity contribution is -0.111. The van der Waals surface area contributed by atoms with E-state index in [-0.39, 0.29) is 11.5 Å². The highest BCUT2D eigenvalue weighted by Crippen LogP contribution is 2.29. The summed E-state index contributed by atoms with van der Waals surface area (Å²) in [4.78, 5) is 23.6.